The average Bonchev–Trinajstić information content (AvgIpc) is 3.78. The van der Waals surface area contributed by atoms with Gasteiger partial charge in [-0.25, -0.2) is 0 Å². The summed E-state index contributed by atoms with van der Waals surface area (Å²) in [5, 5.41) is 64.7. The molecule has 5 aliphatic rings. The number of rotatable bonds is 18. The highest BCUT2D eigenvalue weighted by molar-refractivity contribution is 6.10. The largest absolute Gasteiger partial charge is 0.481 e. The van der Waals surface area contributed by atoms with Crippen molar-refractivity contribution in [3.8, 4) is 0 Å². The quantitative estimate of drug-likeness (QED) is 0.0471. The first kappa shape index (κ1) is 49.3. The van der Waals surface area contributed by atoms with E-state index in [4.69, 9.17) is 19.7 Å². The Hall–Kier alpha value is -5.68. The Morgan fingerprint density at radius 2 is 1.27 bits per heavy atom. The van der Waals surface area contributed by atoms with Crippen molar-refractivity contribution in [1.82, 2.24) is 5.32 Å². The molecule has 7 N–H and O–H groups in total. The fraction of sp³-hybridized carbons (Fsp3) is 0.652. The van der Waals surface area contributed by atoms with Gasteiger partial charge in [-0.3, -0.25) is 48.5 Å². The molecule has 0 unspecified atom stereocenters. The number of hydrogen-bond donors (Lipinski definition) is 7. The van der Waals surface area contributed by atoms with Gasteiger partial charge in [-0.1, -0.05) is 34.6 Å². The summed E-state index contributed by atoms with van der Waals surface area (Å²) in [4.78, 5) is 105. The van der Waals surface area contributed by atoms with Gasteiger partial charge in [-0.2, -0.15) is 0 Å². The van der Waals surface area contributed by atoms with Gasteiger partial charge in [0, 0.05) is 105 Å². The highest BCUT2D eigenvalue weighted by Gasteiger charge is 2.66. The minimum Gasteiger partial charge on any atom is -0.481 e. The van der Waals surface area contributed by atoms with Crippen LogP contribution in [0.4, 0.5) is 0 Å². The summed E-state index contributed by atoms with van der Waals surface area (Å²) in [6, 6.07) is -1.09. The lowest BCUT2D eigenvalue weighted by Gasteiger charge is -2.48. The summed E-state index contributed by atoms with van der Waals surface area (Å²) >= 11 is 0. The molecule has 18 heteroatoms. The van der Waals surface area contributed by atoms with E-state index in [1.165, 1.54) is 7.11 Å². The molecule has 0 amide bonds. The van der Waals surface area contributed by atoms with Crippen molar-refractivity contribution in [2.45, 2.75) is 138 Å². The van der Waals surface area contributed by atoms with Crippen LogP contribution in [0.25, 0.3) is 0 Å². The van der Waals surface area contributed by atoms with Crippen molar-refractivity contribution < 1.29 is 68.9 Å². The first-order chi connectivity index (χ1) is 29.6. The monoisotopic (exact) mass is 928 g/mol. The molecule has 1 saturated heterocycles. The maximum Gasteiger partial charge on any atom is 0.306 e. The van der Waals surface area contributed by atoms with Crippen LogP contribution in [-0.2, 0) is 38.3 Å². The van der Waals surface area contributed by atoms with Gasteiger partial charge >= 0.3 is 41.8 Å². The standard InChI is InChI=1S/C46H62N4O14/c1-22-37-25(11-14-31(53)54)42(3,4)29(48-37)19-28-24(10-13-30(51)52)44(6,20-35(61)62)40(47-28)23(2)38-26(12-15-32(55)56)45(7,21-36(63)64-9)46(8,50-38)41-27(18-34(59)60)43(5,39(22)49-41)17-16-33(57)58/h19,24-27,41,47H,10-18,20-21H2,1-9H3,(H,51,52)(H,53,54)(H,55,56)(H,57,58)(H,59,60)(H,61,62)/b28-19-,37-22-,40-23-/t24-,25-,26-,27+,41-,43-,44+,45+,46+/m1/s1/i30+1,31+1,32+1,33+1,34+1,35+1,36+1,51+2,52+2,53+2,54+2,55+2,56+2,57+2,58+2,59+2,60+2,61+2,62+2,64+2. The Morgan fingerprint density at radius 3 is 1.78 bits per heavy atom. The molecule has 0 aromatic rings. The number of carboxylic acids is 6. The Morgan fingerprint density at radius 1 is 0.719 bits per heavy atom. The zero-order chi connectivity index (χ0) is 48.1. The van der Waals surface area contributed by atoms with E-state index in [1.807, 2.05) is 13.8 Å². The lowest BCUT2D eigenvalue weighted by Crippen LogP contribution is -2.55. The zero-order valence-corrected chi connectivity index (χ0v) is 38.0. The number of carbonyl (C=O) groups excluding carboxylic acids is 1. The average molecular weight is 928 g/mol. The molecule has 0 aromatic carbocycles. The third kappa shape index (κ3) is 8.63. The number of fused-ring (bicyclic) bond motifs is 6. The maximum atomic E-state index is 13.7. The highest BCUT2D eigenvalue weighted by Crippen LogP contribution is 2.62. The van der Waals surface area contributed by atoms with Crippen LogP contribution >= 0.6 is 0 Å². The van der Waals surface area contributed by atoms with Gasteiger partial charge in [0.05, 0.1) is 38.0 Å². The molecule has 350 valence electrons. The molecule has 0 radical (unpaired) electrons. The summed E-state index contributed by atoms with van der Waals surface area (Å²) in [7, 11) is 1.21. The second kappa shape index (κ2) is 17.7. The third-order valence-electron chi connectivity index (χ3n) is 15.5. The van der Waals surface area contributed by atoms with E-state index < -0.39 is 112 Å². The fourth-order valence-electron chi connectivity index (χ4n) is 11.8. The van der Waals surface area contributed by atoms with Crippen molar-refractivity contribution in [3.05, 3.63) is 34.3 Å². The number of nitrogens with one attached hydrogen (secondary N) is 1. The molecule has 0 aromatic heterocycles. The Balaban J connectivity index is 2.04. The summed E-state index contributed by atoms with van der Waals surface area (Å²) in [6.45, 7) is 14.2. The summed E-state index contributed by atoms with van der Waals surface area (Å²) in [6.07, 6.45) is -0.919. The van der Waals surface area contributed by atoms with Crippen LogP contribution in [0.3, 0.4) is 0 Å². The molecule has 9 atom stereocenters. The van der Waals surface area contributed by atoms with E-state index in [9.17, 15) is 64.2 Å². The Labute approximate surface area is 371 Å². The molecule has 1 fully saturated rings. The molecular weight excluding hydrogens is 865 g/mol. The molecule has 5 rings (SSSR count). The normalized spacial score (nSPS) is 35.7. The zero-order valence-electron chi connectivity index (χ0n) is 38.0. The lowest BCUT2D eigenvalue weighted by atomic mass is 9.57. The SMILES string of the molecule is C[18O][13C](=O)C[C@@]1(C)[C@H](CC[13C](=[18O])[18OH])C2=N[C@@]1(C)[C@@H]1N=C(/C(C)=C3N=C(/C=C4\N/C(=C\2C)[C@@](C)(C[13C](=[18O])[18OH])[C@@H]4CC[13C](=[18O])[18OH])C(C)(C)[C@@H]\3CC[13C](=[18O])[18OH])[C@](C)(CC[13C](=[18O])[18OH])[C@H]1C[13C](=[18O])[18OH]. The van der Waals surface area contributed by atoms with Gasteiger partial charge in [0.2, 0.25) is 0 Å². The minimum atomic E-state index is -1.55. The van der Waals surface area contributed by atoms with Gasteiger partial charge in [-0.15, -0.1) is 0 Å². The van der Waals surface area contributed by atoms with Crippen LogP contribution in [0.1, 0.15) is 126 Å². The highest BCUT2D eigenvalue weighted by atomic mass is 18.4. The molecule has 8 bridgehead atoms. The number of allylic oxidation sites excluding steroid dienone is 6. The Bertz CT molecular complexity index is 2230. The topological polar surface area (TPSA) is 299 Å². The van der Waals surface area contributed by atoms with Crippen molar-refractivity contribution >= 4 is 58.9 Å². The van der Waals surface area contributed by atoms with Crippen LogP contribution in [-0.4, -0.2) is 108 Å². The first-order valence-electron chi connectivity index (χ1n) is 21.6. The van der Waals surface area contributed by atoms with Crippen LogP contribution < -0.4 is 5.32 Å². The fourth-order valence-corrected chi connectivity index (χ4v) is 11.8. The van der Waals surface area contributed by atoms with Crippen molar-refractivity contribution in [1.29, 1.82) is 0 Å². The van der Waals surface area contributed by atoms with E-state index in [1.54, 1.807) is 47.6 Å². The van der Waals surface area contributed by atoms with E-state index in [0.717, 1.165) is 0 Å². The molecular formula is C46H62N4O14. The maximum absolute atomic E-state index is 13.7. The molecule has 64 heavy (non-hydrogen) atoms. The third-order valence-corrected chi connectivity index (χ3v) is 15.5. The number of aliphatic imine (C=N–C) groups is 3. The number of nitrogens with zero attached hydrogens (tertiary/aromatic N) is 3. The number of hydrogen-bond acceptors (Lipinski definition) is 12. The smallest absolute Gasteiger partial charge is 0.306 e. The number of methoxy groups -OCH3 is 1. The lowest BCUT2D eigenvalue weighted by molar-refractivity contribution is -0.146. The number of ether oxygens (including phenoxy) is 1. The number of carbonyl (C=O) groups is 7. The van der Waals surface area contributed by atoms with Crippen molar-refractivity contribution in [3.63, 3.8) is 0 Å². The minimum absolute atomic E-state index is 0.00300. The summed E-state index contributed by atoms with van der Waals surface area (Å²) in [5.41, 5.74) is -3.07. The first-order valence-corrected chi connectivity index (χ1v) is 21.6. The Kier molecular flexibility index (Phi) is 13.7. The van der Waals surface area contributed by atoms with Crippen LogP contribution in [0.2, 0.25) is 0 Å². The van der Waals surface area contributed by atoms with Crippen molar-refractivity contribution in [2.75, 3.05) is 7.11 Å². The van der Waals surface area contributed by atoms with Gasteiger partial charge in [-0.05, 0) is 63.7 Å². The predicted molar refractivity (Wildman–Crippen MR) is 232 cm³/mol. The van der Waals surface area contributed by atoms with Crippen LogP contribution in [0, 0.1) is 45.3 Å². The van der Waals surface area contributed by atoms with Crippen molar-refractivity contribution in [2.24, 2.45) is 60.3 Å². The molecule has 5 aliphatic heterocycles. The second-order valence-corrected chi connectivity index (χ2v) is 19.6. The molecule has 0 saturated carbocycles. The molecule has 0 aliphatic carbocycles. The van der Waals surface area contributed by atoms with E-state index in [0.29, 0.717) is 45.4 Å². The van der Waals surface area contributed by atoms with Gasteiger partial charge in [0.15, 0.2) is 0 Å². The van der Waals surface area contributed by atoms with E-state index >= 15 is 0 Å². The van der Waals surface area contributed by atoms with Gasteiger partial charge in [0.25, 0.3) is 0 Å². The second-order valence-electron chi connectivity index (χ2n) is 19.6. The van der Waals surface area contributed by atoms with E-state index in [-0.39, 0.29) is 57.8 Å². The summed E-state index contributed by atoms with van der Waals surface area (Å²) < 4.78 is 5.24. The number of esters is 1. The molecule has 0 spiro atoms. The summed E-state index contributed by atoms with van der Waals surface area (Å²) in [5.74, 6) is -10.7. The number of carboxylic acid groups (broad SMARTS) is 6. The predicted octanol–water partition coefficient (Wildman–Crippen LogP) is 6.01. The molecule has 5 heterocycles. The molecule has 18 nitrogen and oxygen atoms in total. The van der Waals surface area contributed by atoms with Crippen LogP contribution in [0.5, 0.6) is 0 Å². The van der Waals surface area contributed by atoms with E-state index in [2.05, 4.69) is 5.32 Å². The van der Waals surface area contributed by atoms with Gasteiger partial charge in [0.1, 0.15) is 0 Å². The van der Waals surface area contributed by atoms with Gasteiger partial charge < -0.3 is 40.7 Å². The number of aliphatic carboxylic acids is 6. The van der Waals surface area contributed by atoms with Crippen LogP contribution in [0.15, 0.2) is 49.3 Å².